The van der Waals surface area contributed by atoms with Crippen LogP contribution >= 0.6 is 0 Å². The van der Waals surface area contributed by atoms with Gasteiger partial charge in [-0.1, -0.05) is 31.2 Å². The predicted molar refractivity (Wildman–Crippen MR) is 92.9 cm³/mol. The van der Waals surface area contributed by atoms with Gasteiger partial charge in [0.1, 0.15) is 0 Å². The van der Waals surface area contributed by atoms with E-state index in [1.54, 1.807) is 24.3 Å². The highest BCUT2D eigenvalue weighted by atomic mass is 16.3. The van der Waals surface area contributed by atoms with Gasteiger partial charge in [-0.15, -0.1) is 0 Å². The van der Waals surface area contributed by atoms with Crippen molar-refractivity contribution in [1.29, 1.82) is 10.5 Å². The van der Waals surface area contributed by atoms with Crippen molar-refractivity contribution in [3.05, 3.63) is 70.8 Å². The van der Waals surface area contributed by atoms with E-state index in [1.165, 1.54) is 0 Å². The summed E-state index contributed by atoms with van der Waals surface area (Å²) in [7, 11) is 0. The molecule has 122 valence electrons. The SMILES string of the molecule is CCN(CC(O)c1ccc(C#N)cc1)C(C)c1ccc(C#N)cc1. The van der Waals surface area contributed by atoms with Crippen LogP contribution in [0.15, 0.2) is 48.5 Å². The van der Waals surface area contributed by atoms with Crippen LogP contribution in [0.25, 0.3) is 0 Å². The van der Waals surface area contributed by atoms with Crippen LogP contribution in [0.5, 0.6) is 0 Å². The molecule has 2 atom stereocenters. The van der Waals surface area contributed by atoms with E-state index >= 15 is 0 Å². The fourth-order valence-corrected chi connectivity index (χ4v) is 2.72. The Morgan fingerprint density at radius 1 is 0.917 bits per heavy atom. The molecular formula is C20H21N3O. The monoisotopic (exact) mass is 319 g/mol. The molecule has 1 N–H and O–H groups in total. The first-order valence-electron chi connectivity index (χ1n) is 8.01. The summed E-state index contributed by atoms with van der Waals surface area (Å²) in [4.78, 5) is 2.18. The van der Waals surface area contributed by atoms with Crippen LogP contribution in [0.1, 0.15) is 48.2 Å². The number of hydrogen-bond acceptors (Lipinski definition) is 4. The van der Waals surface area contributed by atoms with E-state index in [-0.39, 0.29) is 6.04 Å². The third-order valence-corrected chi connectivity index (χ3v) is 4.31. The summed E-state index contributed by atoms with van der Waals surface area (Å²) in [5.74, 6) is 0. The van der Waals surface area contributed by atoms with E-state index < -0.39 is 6.10 Å². The summed E-state index contributed by atoms with van der Waals surface area (Å²) in [6.07, 6.45) is -0.612. The molecule has 0 amide bonds. The van der Waals surface area contributed by atoms with Gasteiger partial charge in [0.05, 0.1) is 29.4 Å². The summed E-state index contributed by atoms with van der Waals surface area (Å²) in [5, 5.41) is 28.2. The topological polar surface area (TPSA) is 71.0 Å². The van der Waals surface area contributed by atoms with Crippen LogP contribution in [-0.2, 0) is 0 Å². The minimum atomic E-state index is -0.612. The zero-order valence-electron chi connectivity index (χ0n) is 14.0. The van der Waals surface area contributed by atoms with E-state index in [0.717, 1.165) is 17.7 Å². The van der Waals surface area contributed by atoms with Crippen molar-refractivity contribution >= 4 is 0 Å². The van der Waals surface area contributed by atoms with E-state index in [1.807, 2.05) is 24.3 Å². The third-order valence-electron chi connectivity index (χ3n) is 4.31. The summed E-state index contributed by atoms with van der Waals surface area (Å²) >= 11 is 0. The van der Waals surface area contributed by atoms with Crippen molar-refractivity contribution in [2.75, 3.05) is 13.1 Å². The highest BCUT2D eigenvalue weighted by Crippen LogP contribution is 2.24. The second kappa shape index (κ2) is 8.26. The smallest absolute Gasteiger partial charge is 0.0991 e. The molecule has 0 aliphatic heterocycles. The van der Waals surface area contributed by atoms with Crippen molar-refractivity contribution in [3.63, 3.8) is 0 Å². The Hall–Kier alpha value is -2.66. The van der Waals surface area contributed by atoms with Gasteiger partial charge in [-0.2, -0.15) is 10.5 Å². The highest BCUT2D eigenvalue weighted by molar-refractivity contribution is 5.33. The lowest BCUT2D eigenvalue weighted by atomic mass is 10.0. The number of likely N-dealkylation sites (N-methyl/N-ethyl adjacent to an activating group) is 1. The number of hydrogen-bond donors (Lipinski definition) is 1. The molecule has 0 bridgehead atoms. The standard InChI is InChI=1S/C20H21N3O/c1-3-23(15(2)18-8-4-16(12-21)5-9-18)14-20(24)19-10-6-17(13-22)7-11-19/h4-11,15,20,24H,3,14H2,1-2H3. The lowest BCUT2D eigenvalue weighted by Gasteiger charge is -2.30. The van der Waals surface area contributed by atoms with E-state index in [2.05, 4.69) is 30.9 Å². The molecule has 4 nitrogen and oxygen atoms in total. The quantitative estimate of drug-likeness (QED) is 0.884. The molecule has 2 aromatic rings. The van der Waals surface area contributed by atoms with E-state index in [9.17, 15) is 5.11 Å². The fourth-order valence-electron chi connectivity index (χ4n) is 2.72. The third kappa shape index (κ3) is 4.20. The molecule has 0 saturated heterocycles. The Kier molecular flexibility index (Phi) is 6.09. The van der Waals surface area contributed by atoms with Crippen LogP contribution in [0, 0.1) is 22.7 Å². The van der Waals surface area contributed by atoms with Crippen LogP contribution in [-0.4, -0.2) is 23.1 Å². The second-order valence-corrected chi connectivity index (χ2v) is 5.75. The number of aliphatic hydroxyl groups excluding tert-OH is 1. The fraction of sp³-hybridized carbons (Fsp3) is 0.300. The number of aliphatic hydroxyl groups is 1. The molecule has 0 radical (unpaired) electrons. The van der Waals surface area contributed by atoms with Gasteiger partial charge < -0.3 is 5.11 Å². The lowest BCUT2D eigenvalue weighted by Crippen LogP contribution is -2.31. The van der Waals surface area contributed by atoms with Crippen LogP contribution in [0.4, 0.5) is 0 Å². The highest BCUT2D eigenvalue weighted by Gasteiger charge is 2.18. The van der Waals surface area contributed by atoms with Gasteiger partial charge in [-0.3, -0.25) is 4.90 Å². The number of benzene rings is 2. The number of nitrogens with zero attached hydrogens (tertiary/aromatic N) is 3. The maximum Gasteiger partial charge on any atom is 0.0991 e. The van der Waals surface area contributed by atoms with Crippen molar-refractivity contribution in [3.8, 4) is 12.1 Å². The van der Waals surface area contributed by atoms with Gasteiger partial charge in [0, 0.05) is 12.6 Å². The molecule has 4 heteroatoms. The molecule has 2 unspecified atom stereocenters. The molecule has 2 aromatic carbocycles. The van der Waals surface area contributed by atoms with Crippen molar-refractivity contribution in [2.45, 2.75) is 26.0 Å². The maximum atomic E-state index is 10.5. The maximum absolute atomic E-state index is 10.5. The Labute approximate surface area is 143 Å². The molecular weight excluding hydrogens is 298 g/mol. The summed E-state index contributed by atoms with van der Waals surface area (Å²) in [5.41, 5.74) is 3.15. The molecule has 0 spiro atoms. The van der Waals surface area contributed by atoms with Gasteiger partial charge in [-0.25, -0.2) is 0 Å². The summed E-state index contributed by atoms with van der Waals surface area (Å²) in [6.45, 7) is 5.46. The van der Waals surface area contributed by atoms with E-state index in [0.29, 0.717) is 17.7 Å². The second-order valence-electron chi connectivity index (χ2n) is 5.75. The van der Waals surface area contributed by atoms with Crippen LogP contribution in [0.2, 0.25) is 0 Å². The van der Waals surface area contributed by atoms with Gasteiger partial charge in [0.15, 0.2) is 0 Å². The minimum absolute atomic E-state index is 0.135. The van der Waals surface area contributed by atoms with Crippen LogP contribution < -0.4 is 0 Å². The van der Waals surface area contributed by atoms with Gasteiger partial charge in [0.2, 0.25) is 0 Å². The van der Waals surface area contributed by atoms with Crippen LogP contribution in [0.3, 0.4) is 0 Å². The molecule has 0 aliphatic carbocycles. The first-order valence-corrected chi connectivity index (χ1v) is 8.01. The van der Waals surface area contributed by atoms with Gasteiger partial charge in [0.25, 0.3) is 0 Å². The largest absolute Gasteiger partial charge is 0.387 e. The zero-order chi connectivity index (χ0) is 17.5. The van der Waals surface area contributed by atoms with Gasteiger partial charge >= 0.3 is 0 Å². The van der Waals surface area contributed by atoms with Gasteiger partial charge in [-0.05, 0) is 48.9 Å². The molecule has 24 heavy (non-hydrogen) atoms. The molecule has 0 saturated carbocycles. The molecule has 0 fully saturated rings. The molecule has 0 aromatic heterocycles. The average Bonchev–Trinajstić information content (AvgIpc) is 2.65. The van der Waals surface area contributed by atoms with Crippen molar-refractivity contribution in [1.82, 2.24) is 4.90 Å². The molecule has 0 aliphatic rings. The summed E-state index contributed by atoms with van der Waals surface area (Å²) in [6, 6.07) is 18.9. The Morgan fingerprint density at radius 2 is 1.38 bits per heavy atom. The average molecular weight is 319 g/mol. The normalized spacial score (nSPS) is 13.1. The van der Waals surface area contributed by atoms with E-state index in [4.69, 9.17) is 10.5 Å². The Bertz CT molecular complexity index is 738. The predicted octanol–water partition coefficient (Wildman–Crippen LogP) is 3.55. The molecule has 2 rings (SSSR count). The molecule has 0 heterocycles. The Morgan fingerprint density at radius 3 is 1.79 bits per heavy atom. The number of nitriles is 2. The summed E-state index contributed by atoms with van der Waals surface area (Å²) < 4.78 is 0. The lowest BCUT2D eigenvalue weighted by molar-refractivity contribution is 0.0946. The first kappa shape index (κ1) is 17.7. The zero-order valence-corrected chi connectivity index (χ0v) is 14.0. The number of rotatable bonds is 6. The minimum Gasteiger partial charge on any atom is -0.387 e. The van der Waals surface area contributed by atoms with Crippen molar-refractivity contribution < 1.29 is 5.11 Å². The van der Waals surface area contributed by atoms with Crippen molar-refractivity contribution in [2.24, 2.45) is 0 Å². The first-order chi connectivity index (χ1) is 11.6. The Balaban J connectivity index is 2.09.